The fourth-order valence-corrected chi connectivity index (χ4v) is 15.1. The third kappa shape index (κ3) is 5.85. The smallest absolute Gasteiger partial charge is 0.179 e. The second-order valence-electron chi connectivity index (χ2n) is 16.4. The Bertz CT molecular complexity index is 3500. The van der Waals surface area contributed by atoms with Crippen LogP contribution < -0.4 is 20.7 Å². The molecule has 2 heterocycles. The summed E-state index contributed by atoms with van der Waals surface area (Å²) in [5.74, 6) is 0. The first-order valence-corrected chi connectivity index (χ1v) is 23.8. The average molecular weight is 819 g/mol. The maximum Gasteiger partial charge on any atom is 0.179 e. The number of hydrogen-bond donors (Lipinski definition) is 0. The topological polar surface area (TPSA) is 9.86 Å². The van der Waals surface area contributed by atoms with Gasteiger partial charge in [-0.3, -0.25) is 0 Å². The lowest BCUT2D eigenvalue weighted by Gasteiger charge is -2.34. The molecular formula is C60H42N2Si. The van der Waals surface area contributed by atoms with Crippen molar-refractivity contribution in [3.05, 3.63) is 255 Å². The molecule has 10 aromatic carbocycles. The van der Waals surface area contributed by atoms with Crippen LogP contribution in [0.3, 0.4) is 0 Å². The number of aromatic nitrogens is 2. The van der Waals surface area contributed by atoms with Gasteiger partial charge < -0.3 is 9.13 Å². The Morgan fingerprint density at radius 3 is 1.43 bits per heavy atom. The van der Waals surface area contributed by atoms with Crippen molar-refractivity contribution in [3.8, 4) is 33.6 Å². The van der Waals surface area contributed by atoms with Crippen LogP contribution in [0.4, 0.5) is 0 Å². The fourth-order valence-electron chi connectivity index (χ4n) is 10.3. The maximum atomic E-state index is 2.55. The Hall–Kier alpha value is -7.98. The van der Waals surface area contributed by atoms with Gasteiger partial charge >= 0.3 is 0 Å². The van der Waals surface area contributed by atoms with Gasteiger partial charge in [0.25, 0.3) is 0 Å². The summed E-state index contributed by atoms with van der Waals surface area (Å²) in [6.45, 7) is 0. The number of fused-ring (bicyclic) bond motifs is 6. The Labute approximate surface area is 368 Å². The summed E-state index contributed by atoms with van der Waals surface area (Å²) in [6, 6.07) is 94.3. The van der Waals surface area contributed by atoms with Crippen LogP contribution in [0.5, 0.6) is 0 Å². The van der Waals surface area contributed by atoms with Gasteiger partial charge in [-0.1, -0.05) is 218 Å². The van der Waals surface area contributed by atoms with Gasteiger partial charge in [-0.25, -0.2) is 0 Å². The van der Waals surface area contributed by atoms with E-state index in [4.69, 9.17) is 0 Å². The van der Waals surface area contributed by atoms with Crippen molar-refractivity contribution in [1.82, 2.24) is 9.13 Å². The van der Waals surface area contributed by atoms with Crippen LogP contribution in [0.25, 0.3) is 77.2 Å². The van der Waals surface area contributed by atoms with Crippen LogP contribution in [0.2, 0.25) is 0 Å². The monoisotopic (exact) mass is 818 g/mol. The predicted octanol–water partition coefficient (Wildman–Crippen LogP) is 12.6. The van der Waals surface area contributed by atoms with Crippen molar-refractivity contribution in [1.29, 1.82) is 0 Å². The maximum absolute atomic E-state index is 2.84. The van der Waals surface area contributed by atoms with Gasteiger partial charge in [0, 0.05) is 27.1 Å². The zero-order valence-electron chi connectivity index (χ0n) is 34.6. The van der Waals surface area contributed by atoms with E-state index in [-0.39, 0.29) is 0 Å². The largest absolute Gasteiger partial charge is 0.307 e. The molecule has 0 fully saturated rings. The molecule has 0 bridgehead atoms. The van der Waals surface area contributed by atoms with E-state index < -0.39 is 8.07 Å². The van der Waals surface area contributed by atoms with Gasteiger partial charge in [0.05, 0.1) is 33.4 Å². The van der Waals surface area contributed by atoms with Crippen LogP contribution in [0.15, 0.2) is 255 Å². The highest BCUT2D eigenvalue weighted by molar-refractivity contribution is 7.20. The minimum absolute atomic E-state index is 1.14. The second kappa shape index (κ2) is 15.2. The molecule has 2 nitrogen and oxygen atoms in total. The van der Waals surface area contributed by atoms with Gasteiger partial charge in [-0.15, -0.1) is 0 Å². The molecule has 0 radical (unpaired) electrons. The van der Waals surface area contributed by atoms with E-state index in [2.05, 4.69) is 264 Å². The Kier molecular flexibility index (Phi) is 8.87. The SMILES string of the molecule is c1ccc(-c2ccc3c(c2)c2cccc(-n4c5ccccc5c5ccc([Si](c6ccccc6)(c6ccccc6)c6ccccc6)cc54)c2n3-c2ccccc2-c2ccccc2)cc1. The molecule has 0 N–H and O–H groups in total. The molecule has 0 saturated heterocycles. The molecule has 12 aromatic rings. The molecule has 0 unspecified atom stereocenters. The third-order valence-electron chi connectivity index (χ3n) is 13.1. The molecule has 0 aliphatic carbocycles. The first-order chi connectivity index (χ1) is 31.3. The average Bonchev–Trinajstić information content (AvgIpc) is 3.88. The molecule has 0 aliphatic heterocycles. The van der Waals surface area contributed by atoms with E-state index in [9.17, 15) is 0 Å². The normalized spacial score (nSPS) is 11.8. The Morgan fingerprint density at radius 2 is 0.762 bits per heavy atom. The number of benzene rings is 10. The lowest BCUT2D eigenvalue weighted by molar-refractivity contribution is 1.13. The summed E-state index contributed by atoms with van der Waals surface area (Å²) >= 11 is 0. The molecule has 0 amide bonds. The molecule has 2 aromatic heterocycles. The minimum Gasteiger partial charge on any atom is -0.307 e. The fraction of sp³-hybridized carbons (Fsp3) is 0. The highest BCUT2D eigenvalue weighted by Gasteiger charge is 2.41. The Balaban J connectivity index is 1.22. The summed E-state index contributed by atoms with van der Waals surface area (Å²) in [5.41, 5.74) is 11.8. The number of nitrogens with zero attached hydrogens (tertiary/aromatic N) is 2. The molecule has 63 heavy (non-hydrogen) atoms. The highest BCUT2D eigenvalue weighted by Crippen LogP contribution is 2.42. The van der Waals surface area contributed by atoms with Gasteiger partial charge in [0.15, 0.2) is 8.07 Å². The van der Waals surface area contributed by atoms with Crippen LogP contribution >= 0.6 is 0 Å². The van der Waals surface area contributed by atoms with Crippen LogP contribution in [-0.2, 0) is 0 Å². The van der Waals surface area contributed by atoms with Gasteiger partial charge in [0.1, 0.15) is 0 Å². The van der Waals surface area contributed by atoms with E-state index in [1.54, 1.807) is 0 Å². The number of hydrogen-bond acceptors (Lipinski definition) is 0. The molecule has 0 spiro atoms. The van der Waals surface area contributed by atoms with Crippen LogP contribution in [-0.4, -0.2) is 17.2 Å². The molecule has 12 rings (SSSR count). The first kappa shape index (κ1) is 36.8. The van der Waals surface area contributed by atoms with E-state index in [0.717, 1.165) is 11.4 Å². The predicted molar refractivity (Wildman–Crippen MR) is 270 cm³/mol. The van der Waals surface area contributed by atoms with Crippen molar-refractivity contribution in [2.45, 2.75) is 0 Å². The lowest BCUT2D eigenvalue weighted by Crippen LogP contribution is -2.74. The quantitative estimate of drug-likeness (QED) is 0.107. The number of para-hydroxylation sites is 3. The Morgan fingerprint density at radius 1 is 0.254 bits per heavy atom. The summed E-state index contributed by atoms with van der Waals surface area (Å²) < 4.78 is 5.08. The van der Waals surface area contributed by atoms with E-state index in [0.29, 0.717) is 0 Å². The van der Waals surface area contributed by atoms with Crippen molar-refractivity contribution in [2.24, 2.45) is 0 Å². The van der Waals surface area contributed by atoms with Crippen molar-refractivity contribution in [3.63, 3.8) is 0 Å². The zero-order valence-corrected chi connectivity index (χ0v) is 35.6. The first-order valence-electron chi connectivity index (χ1n) is 21.8. The molecular weight excluding hydrogens is 777 g/mol. The molecule has 0 atom stereocenters. The van der Waals surface area contributed by atoms with Crippen molar-refractivity contribution >= 4 is 72.4 Å². The second-order valence-corrected chi connectivity index (χ2v) is 20.2. The van der Waals surface area contributed by atoms with Crippen molar-refractivity contribution < 1.29 is 0 Å². The minimum atomic E-state index is -2.84. The lowest BCUT2D eigenvalue weighted by atomic mass is 10.0. The molecule has 3 heteroatoms. The van der Waals surface area contributed by atoms with Crippen LogP contribution in [0, 0.1) is 0 Å². The van der Waals surface area contributed by atoms with Gasteiger partial charge in [-0.05, 0) is 73.8 Å². The van der Waals surface area contributed by atoms with Crippen LogP contribution in [0.1, 0.15) is 0 Å². The van der Waals surface area contributed by atoms with Gasteiger partial charge in [0.2, 0.25) is 0 Å². The van der Waals surface area contributed by atoms with Gasteiger partial charge in [-0.2, -0.15) is 0 Å². The summed E-state index contributed by atoms with van der Waals surface area (Å²) in [6.07, 6.45) is 0. The van der Waals surface area contributed by atoms with Crippen molar-refractivity contribution in [2.75, 3.05) is 0 Å². The van der Waals surface area contributed by atoms with E-state index in [1.165, 1.54) is 86.6 Å². The highest BCUT2D eigenvalue weighted by atomic mass is 28.3. The summed E-state index contributed by atoms with van der Waals surface area (Å²) in [7, 11) is -2.84. The van der Waals surface area contributed by atoms with E-state index in [1.807, 2.05) is 0 Å². The van der Waals surface area contributed by atoms with E-state index >= 15 is 0 Å². The number of rotatable bonds is 8. The molecule has 0 saturated carbocycles. The molecule has 0 aliphatic rings. The zero-order chi connectivity index (χ0) is 41.7. The standard InChI is InChI=1S/C60H42N2Si/c1-6-21-43(22-7-1)45-37-40-57-54(41-45)53-33-20-36-58(60(53)62(57)55-34-18-16-31-50(55)44-23-8-2-9-24-44)61-56-35-19-17-32-51(56)52-39-38-49(42-59(52)61)63(46-25-10-3-11-26-46,47-27-12-4-13-28-47)48-29-14-5-15-30-48/h1-42H. The summed E-state index contributed by atoms with van der Waals surface area (Å²) in [4.78, 5) is 0. The molecule has 296 valence electrons. The third-order valence-corrected chi connectivity index (χ3v) is 17.8. The summed E-state index contributed by atoms with van der Waals surface area (Å²) in [5, 5.41) is 10.3.